The minimum Gasteiger partial charge on any atom is -0.481 e. The summed E-state index contributed by atoms with van der Waals surface area (Å²) in [6.45, 7) is 0.410. The molecule has 3 amide bonds. The zero-order valence-electron chi connectivity index (χ0n) is 15.8. The molecule has 0 bridgehead atoms. The highest BCUT2D eigenvalue weighted by Gasteiger charge is 2.46. The summed E-state index contributed by atoms with van der Waals surface area (Å²) < 4.78 is 4.75. The number of benzene rings is 1. The van der Waals surface area contributed by atoms with Crippen LogP contribution in [-0.4, -0.2) is 70.4 Å². The molecule has 0 spiro atoms. The lowest BCUT2D eigenvalue weighted by atomic mass is 10.0. The van der Waals surface area contributed by atoms with E-state index >= 15 is 0 Å². The highest BCUT2D eigenvalue weighted by atomic mass is 16.5. The van der Waals surface area contributed by atoms with Crippen LogP contribution >= 0.6 is 0 Å². The Kier molecular flexibility index (Phi) is 5.92. The third kappa shape index (κ3) is 3.83. The second-order valence-corrected chi connectivity index (χ2v) is 6.77. The van der Waals surface area contributed by atoms with Gasteiger partial charge < -0.3 is 9.84 Å². The average molecular weight is 403 g/mol. The van der Waals surface area contributed by atoms with Crippen molar-refractivity contribution in [1.82, 2.24) is 15.3 Å². The van der Waals surface area contributed by atoms with Crippen molar-refractivity contribution in [2.75, 3.05) is 13.7 Å². The molecule has 154 valence electrons. The van der Waals surface area contributed by atoms with E-state index in [1.807, 2.05) is 0 Å². The summed E-state index contributed by atoms with van der Waals surface area (Å²) in [5, 5.41) is 10.1. The van der Waals surface area contributed by atoms with E-state index in [9.17, 15) is 24.0 Å². The van der Waals surface area contributed by atoms with Gasteiger partial charge in [0.05, 0.1) is 18.2 Å². The summed E-state index contributed by atoms with van der Waals surface area (Å²) in [5.41, 5.74) is 3.12. The van der Waals surface area contributed by atoms with Crippen molar-refractivity contribution in [1.29, 1.82) is 0 Å². The number of aliphatic carboxylic acids is 1. The van der Waals surface area contributed by atoms with E-state index in [4.69, 9.17) is 9.84 Å². The first-order valence-corrected chi connectivity index (χ1v) is 9.20. The van der Waals surface area contributed by atoms with Crippen LogP contribution < -0.4 is 5.43 Å². The Morgan fingerprint density at radius 3 is 2.38 bits per heavy atom. The fourth-order valence-electron chi connectivity index (χ4n) is 3.60. The molecule has 10 heteroatoms. The molecule has 1 aromatic carbocycles. The fourth-order valence-corrected chi connectivity index (χ4v) is 3.60. The normalized spacial score (nSPS) is 19.7. The molecular formula is C19H21N3O7. The van der Waals surface area contributed by atoms with Crippen molar-refractivity contribution in [2.45, 2.75) is 37.8 Å². The predicted octanol–water partition coefficient (Wildman–Crippen LogP) is 0.185. The first-order valence-electron chi connectivity index (χ1n) is 9.20. The molecule has 29 heavy (non-hydrogen) atoms. The number of hydrazine groups is 1. The average Bonchev–Trinajstić information content (AvgIpc) is 2.98. The number of carboxylic acid groups (broad SMARTS) is 1. The third-order valence-electron chi connectivity index (χ3n) is 5.01. The van der Waals surface area contributed by atoms with Crippen LogP contribution in [0.3, 0.4) is 0 Å². The molecule has 10 nitrogen and oxygen atoms in total. The molecule has 1 saturated heterocycles. The standard InChI is InChI=1S/C19H21N3O7/c1-29-19(28)14-7-4-10-20-22(14)18(27)13(8-9-15(23)24)21-16(25)11-5-2-3-6-12(11)17(21)26/h2-3,5-6,13-14,20H,4,7-10H2,1H3,(H,23,24). The lowest BCUT2D eigenvalue weighted by molar-refractivity contribution is -0.160. The van der Waals surface area contributed by atoms with E-state index < -0.39 is 48.2 Å². The topological polar surface area (TPSA) is 133 Å². The van der Waals surface area contributed by atoms with Crippen molar-refractivity contribution < 1.29 is 33.8 Å². The zero-order chi connectivity index (χ0) is 21.1. The number of ether oxygens (including phenoxy) is 1. The maximum Gasteiger partial charge on any atom is 0.330 e. The highest BCUT2D eigenvalue weighted by Crippen LogP contribution is 2.28. The summed E-state index contributed by atoms with van der Waals surface area (Å²) in [6, 6.07) is 3.86. The molecule has 2 unspecified atom stereocenters. The van der Waals surface area contributed by atoms with Crippen LogP contribution in [0.25, 0.3) is 0 Å². The lowest BCUT2D eigenvalue weighted by Crippen LogP contribution is -2.62. The molecule has 2 aliphatic rings. The molecule has 0 aliphatic carbocycles. The Labute approximate surface area is 166 Å². The molecule has 1 fully saturated rings. The number of nitrogens with one attached hydrogen (secondary N) is 1. The Morgan fingerprint density at radius 1 is 1.21 bits per heavy atom. The first-order chi connectivity index (χ1) is 13.9. The van der Waals surface area contributed by atoms with Gasteiger partial charge in [0.15, 0.2) is 0 Å². The SMILES string of the molecule is COC(=O)C1CCCNN1C(=O)C(CCC(=O)O)N1C(=O)c2ccccc2C1=O. The number of carboxylic acids is 1. The number of hydrogen-bond donors (Lipinski definition) is 2. The van der Waals surface area contributed by atoms with Gasteiger partial charge in [0, 0.05) is 13.0 Å². The number of imide groups is 1. The van der Waals surface area contributed by atoms with Gasteiger partial charge in [0.2, 0.25) is 0 Å². The Balaban J connectivity index is 1.94. The van der Waals surface area contributed by atoms with E-state index in [2.05, 4.69) is 5.43 Å². The van der Waals surface area contributed by atoms with Crippen molar-refractivity contribution in [3.63, 3.8) is 0 Å². The van der Waals surface area contributed by atoms with Crippen LogP contribution in [0.15, 0.2) is 24.3 Å². The van der Waals surface area contributed by atoms with Crippen molar-refractivity contribution in [3.8, 4) is 0 Å². The van der Waals surface area contributed by atoms with E-state index in [-0.39, 0.29) is 17.5 Å². The van der Waals surface area contributed by atoms with Gasteiger partial charge in [0.1, 0.15) is 12.1 Å². The number of rotatable bonds is 6. The van der Waals surface area contributed by atoms with Crippen LogP contribution in [-0.2, 0) is 19.1 Å². The number of fused-ring (bicyclic) bond motifs is 1. The molecule has 2 atom stereocenters. The number of hydrogen-bond acceptors (Lipinski definition) is 7. The van der Waals surface area contributed by atoms with Crippen molar-refractivity contribution >= 4 is 29.7 Å². The Morgan fingerprint density at radius 2 is 1.83 bits per heavy atom. The summed E-state index contributed by atoms with van der Waals surface area (Å²) in [7, 11) is 1.20. The van der Waals surface area contributed by atoms with Crippen LogP contribution in [0.4, 0.5) is 0 Å². The number of nitrogens with zero attached hydrogens (tertiary/aromatic N) is 2. The third-order valence-corrected chi connectivity index (χ3v) is 5.01. The molecule has 2 N–H and O–H groups in total. The maximum absolute atomic E-state index is 13.3. The summed E-state index contributed by atoms with van der Waals surface area (Å²) >= 11 is 0. The van der Waals surface area contributed by atoms with Gasteiger partial charge in [-0.3, -0.25) is 29.1 Å². The highest BCUT2D eigenvalue weighted by molar-refractivity contribution is 6.22. The molecule has 0 radical (unpaired) electrons. The molecule has 0 aromatic heterocycles. The number of esters is 1. The number of amides is 3. The largest absolute Gasteiger partial charge is 0.481 e. The smallest absolute Gasteiger partial charge is 0.330 e. The Bertz CT molecular complexity index is 834. The minimum absolute atomic E-state index is 0.154. The second-order valence-electron chi connectivity index (χ2n) is 6.77. The van der Waals surface area contributed by atoms with Crippen LogP contribution in [0, 0.1) is 0 Å². The van der Waals surface area contributed by atoms with Crippen molar-refractivity contribution in [2.24, 2.45) is 0 Å². The van der Waals surface area contributed by atoms with E-state index in [1.165, 1.54) is 19.2 Å². The van der Waals surface area contributed by atoms with E-state index in [0.717, 1.165) is 9.91 Å². The summed E-state index contributed by atoms with van der Waals surface area (Å²) in [5.74, 6) is -3.86. The minimum atomic E-state index is -1.36. The predicted molar refractivity (Wildman–Crippen MR) is 97.5 cm³/mol. The lowest BCUT2D eigenvalue weighted by Gasteiger charge is -2.37. The number of methoxy groups -OCH3 is 1. The molecular weight excluding hydrogens is 382 g/mol. The van der Waals surface area contributed by atoms with Gasteiger partial charge in [0.25, 0.3) is 17.7 Å². The number of carbonyl (C=O) groups is 5. The summed E-state index contributed by atoms with van der Waals surface area (Å²) in [4.78, 5) is 62.9. The molecule has 2 heterocycles. The van der Waals surface area contributed by atoms with Crippen LogP contribution in [0.2, 0.25) is 0 Å². The van der Waals surface area contributed by atoms with Gasteiger partial charge >= 0.3 is 11.9 Å². The van der Waals surface area contributed by atoms with Gasteiger partial charge in [-0.1, -0.05) is 12.1 Å². The molecule has 3 rings (SSSR count). The number of carbonyl (C=O) groups excluding carboxylic acids is 4. The molecule has 1 aromatic rings. The molecule has 0 saturated carbocycles. The monoisotopic (exact) mass is 403 g/mol. The van der Waals surface area contributed by atoms with Gasteiger partial charge in [-0.15, -0.1) is 0 Å². The van der Waals surface area contributed by atoms with Gasteiger partial charge in [-0.25, -0.2) is 10.2 Å². The molecule has 2 aliphatic heterocycles. The van der Waals surface area contributed by atoms with Crippen LogP contribution in [0.5, 0.6) is 0 Å². The van der Waals surface area contributed by atoms with Crippen LogP contribution in [0.1, 0.15) is 46.4 Å². The van der Waals surface area contributed by atoms with E-state index in [0.29, 0.717) is 19.4 Å². The maximum atomic E-state index is 13.3. The van der Waals surface area contributed by atoms with Crippen molar-refractivity contribution in [3.05, 3.63) is 35.4 Å². The summed E-state index contributed by atoms with van der Waals surface area (Å²) in [6.07, 6.45) is 0.266. The Hall–Kier alpha value is -3.27. The second kappa shape index (κ2) is 8.39. The fraction of sp³-hybridized carbons (Fsp3) is 0.421. The van der Waals surface area contributed by atoms with Gasteiger partial charge in [-0.2, -0.15) is 0 Å². The van der Waals surface area contributed by atoms with E-state index in [1.54, 1.807) is 12.1 Å². The quantitative estimate of drug-likeness (QED) is 0.508. The zero-order valence-corrected chi connectivity index (χ0v) is 15.8. The first kappa shape index (κ1) is 20.5. The van der Waals surface area contributed by atoms with Gasteiger partial charge in [-0.05, 0) is 31.4 Å².